The highest BCUT2D eigenvalue weighted by atomic mass is 32.2. The van der Waals surface area contributed by atoms with Crippen molar-refractivity contribution in [1.29, 1.82) is 0 Å². The molecule has 8 heteroatoms. The highest BCUT2D eigenvalue weighted by Crippen LogP contribution is 2.38. The molecule has 1 aliphatic carbocycles. The quantitative estimate of drug-likeness (QED) is 0.522. The summed E-state index contributed by atoms with van der Waals surface area (Å²) in [6.45, 7) is 0. The van der Waals surface area contributed by atoms with Gasteiger partial charge >= 0.3 is 0 Å². The van der Waals surface area contributed by atoms with E-state index in [0.717, 1.165) is 34.9 Å². The molecule has 1 aliphatic rings. The summed E-state index contributed by atoms with van der Waals surface area (Å²) in [5.74, 6) is 0.395. The lowest BCUT2D eigenvalue weighted by atomic mass is 10.0. The van der Waals surface area contributed by atoms with Crippen LogP contribution in [0.5, 0.6) is 0 Å². The molecular weight excluding hydrogens is 365 g/mol. The van der Waals surface area contributed by atoms with Gasteiger partial charge in [-0.2, -0.15) is 10.2 Å². The van der Waals surface area contributed by atoms with Crippen LogP contribution < -0.4 is 5.32 Å². The standard InChI is InChI=1S/C19H16FN5OS/c1-27-18-14(20)8-15-13(9-21-23-15)17(18)11-4-5-25-12(6-11)7-16(24-25)22-19(26)10-2-3-10/h4-10H,2-3H2,1H3,(H,21,23)(H,22,24,26). The highest BCUT2D eigenvalue weighted by Gasteiger charge is 2.30. The number of anilines is 1. The van der Waals surface area contributed by atoms with E-state index in [2.05, 4.69) is 20.6 Å². The van der Waals surface area contributed by atoms with Gasteiger partial charge in [-0.15, -0.1) is 11.8 Å². The third kappa shape index (κ3) is 2.76. The monoisotopic (exact) mass is 381 g/mol. The number of benzene rings is 1. The molecule has 0 unspecified atom stereocenters. The lowest BCUT2D eigenvalue weighted by Crippen LogP contribution is -2.13. The van der Waals surface area contributed by atoms with E-state index in [-0.39, 0.29) is 17.6 Å². The first-order chi connectivity index (χ1) is 13.1. The Morgan fingerprint density at radius 1 is 1.37 bits per heavy atom. The van der Waals surface area contributed by atoms with Crippen LogP contribution in [0.15, 0.2) is 41.6 Å². The molecule has 0 bridgehead atoms. The van der Waals surface area contributed by atoms with Gasteiger partial charge in [-0.25, -0.2) is 8.91 Å². The Morgan fingerprint density at radius 2 is 2.22 bits per heavy atom. The van der Waals surface area contributed by atoms with Crippen LogP contribution in [-0.2, 0) is 4.79 Å². The first-order valence-corrected chi connectivity index (χ1v) is 9.87. The van der Waals surface area contributed by atoms with Crippen molar-refractivity contribution in [2.45, 2.75) is 17.7 Å². The number of carbonyl (C=O) groups is 1. The SMILES string of the molecule is CSc1c(F)cc2[nH]ncc2c1-c1ccn2nc(NC(=O)C3CC3)cc2c1. The van der Waals surface area contributed by atoms with Crippen molar-refractivity contribution >= 4 is 39.9 Å². The number of hydrogen-bond acceptors (Lipinski definition) is 4. The molecule has 1 aromatic carbocycles. The summed E-state index contributed by atoms with van der Waals surface area (Å²) in [5.41, 5.74) is 3.16. The minimum absolute atomic E-state index is 0.0218. The number of H-pyrrole nitrogens is 1. The maximum Gasteiger partial charge on any atom is 0.228 e. The zero-order valence-corrected chi connectivity index (χ0v) is 15.3. The molecule has 3 aromatic heterocycles. The summed E-state index contributed by atoms with van der Waals surface area (Å²) >= 11 is 1.37. The van der Waals surface area contributed by atoms with E-state index in [9.17, 15) is 9.18 Å². The fourth-order valence-electron chi connectivity index (χ4n) is 3.31. The van der Waals surface area contributed by atoms with Crippen LogP contribution >= 0.6 is 11.8 Å². The smallest absolute Gasteiger partial charge is 0.228 e. The molecule has 0 radical (unpaired) electrons. The van der Waals surface area contributed by atoms with Crippen molar-refractivity contribution < 1.29 is 9.18 Å². The maximum absolute atomic E-state index is 14.6. The van der Waals surface area contributed by atoms with Gasteiger partial charge in [0.25, 0.3) is 0 Å². The van der Waals surface area contributed by atoms with Crippen LogP contribution in [0.1, 0.15) is 12.8 Å². The average Bonchev–Trinajstić information content (AvgIpc) is 3.28. The molecule has 0 aliphatic heterocycles. The zero-order chi connectivity index (χ0) is 18.5. The minimum atomic E-state index is -0.278. The number of aromatic amines is 1. The summed E-state index contributed by atoms with van der Waals surface area (Å²) in [5, 5.41) is 15.0. The Balaban J connectivity index is 1.62. The Kier molecular flexibility index (Phi) is 3.68. The Morgan fingerprint density at radius 3 is 3.00 bits per heavy atom. The number of rotatable bonds is 4. The first-order valence-electron chi connectivity index (χ1n) is 8.64. The first kappa shape index (κ1) is 16.3. The normalized spacial score (nSPS) is 14.1. The van der Waals surface area contributed by atoms with Crippen molar-refractivity contribution in [3.05, 3.63) is 42.5 Å². The second kappa shape index (κ2) is 6.09. The molecule has 3 heterocycles. The summed E-state index contributed by atoms with van der Waals surface area (Å²) < 4.78 is 16.3. The number of pyridine rings is 1. The lowest BCUT2D eigenvalue weighted by molar-refractivity contribution is -0.117. The van der Waals surface area contributed by atoms with Crippen LogP contribution in [-0.4, -0.2) is 32.0 Å². The van der Waals surface area contributed by atoms with Gasteiger partial charge in [0.15, 0.2) is 5.82 Å². The summed E-state index contributed by atoms with van der Waals surface area (Å²) in [6, 6.07) is 7.14. The van der Waals surface area contributed by atoms with Crippen LogP contribution in [0.3, 0.4) is 0 Å². The summed E-state index contributed by atoms with van der Waals surface area (Å²) in [7, 11) is 0. The summed E-state index contributed by atoms with van der Waals surface area (Å²) in [4.78, 5) is 12.5. The molecule has 1 saturated carbocycles. The Hall–Kier alpha value is -2.87. The molecule has 6 nitrogen and oxygen atoms in total. The molecule has 5 rings (SSSR count). The molecule has 27 heavy (non-hydrogen) atoms. The van der Waals surface area contributed by atoms with Crippen molar-refractivity contribution in [2.75, 3.05) is 11.6 Å². The van der Waals surface area contributed by atoms with E-state index in [1.54, 1.807) is 10.7 Å². The van der Waals surface area contributed by atoms with Crippen molar-refractivity contribution in [1.82, 2.24) is 19.8 Å². The molecule has 136 valence electrons. The molecular formula is C19H16FN5OS. The Bertz CT molecular complexity index is 1190. The third-order valence-electron chi connectivity index (χ3n) is 4.81. The largest absolute Gasteiger partial charge is 0.309 e. The van der Waals surface area contributed by atoms with Gasteiger partial charge in [-0.05, 0) is 36.8 Å². The van der Waals surface area contributed by atoms with Gasteiger partial charge in [0.2, 0.25) is 5.91 Å². The van der Waals surface area contributed by atoms with Gasteiger partial charge in [-0.1, -0.05) is 0 Å². The fraction of sp³-hybridized carbons (Fsp3) is 0.211. The van der Waals surface area contributed by atoms with Gasteiger partial charge in [0, 0.05) is 35.2 Å². The number of halogens is 1. The number of nitrogens with one attached hydrogen (secondary N) is 2. The van der Waals surface area contributed by atoms with Crippen LogP contribution in [0.25, 0.3) is 27.5 Å². The fourth-order valence-corrected chi connectivity index (χ4v) is 4.00. The van der Waals surface area contributed by atoms with E-state index in [4.69, 9.17) is 0 Å². The maximum atomic E-state index is 14.6. The van der Waals surface area contributed by atoms with Crippen molar-refractivity contribution in [2.24, 2.45) is 5.92 Å². The number of hydrogen-bond donors (Lipinski definition) is 2. The van der Waals surface area contributed by atoms with Crippen LogP contribution in [0.4, 0.5) is 10.2 Å². The van der Waals surface area contributed by atoms with E-state index >= 15 is 0 Å². The molecule has 1 amide bonds. The molecule has 4 aromatic rings. The van der Waals surface area contributed by atoms with E-state index in [1.807, 2.05) is 30.7 Å². The second-order valence-electron chi connectivity index (χ2n) is 6.68. The van der Waals surface area contributed by atoms with E-state index in [0.29, 0.717) is 16.2 Å². The van der Waals surface area contributed by atoms with Crippen molar-refractivity contribution in [3.8, 4) is 11.1 Å². The Labute approximate surface area is 158 Å². The molecule has 2 N–H and O–H groups in total. The van der Waals surface area contributed by atoms with Gasteiger partial charge < -0.3 is 5.32 Å². The molecule has 0 spiro atoms. The van der Waals surface area contributed by atoms with Gasteiger partial charge in [0.1, 0.15) is 5.82 Å². The number of amides is 1. The van der Waals surface area contributed by atoms with E-state index in [1.165, 1.54) is 17.8 Å². The topological polar surface area (TPSA) is 75.1 Å². The minimum Gasteiger partial charge on any atom is -0.309 e. The number of carbonyl (C=O) groups excluding carboxylic acids is 1. The third-order valence-corrected chi connectivity index (χ3v) is 5.62. The lowest BCUT2D eigenvalue weighted by Gasteiger charge is -2.11. The van der Waals surface area contributed by atoms with Crippen LogP contribution in [0, 0.1) is 11.7 Å². The molecule has 1 fully saturated rings. The predicted molar refractivity (Wildman–Crippen MR) is 103 cm³/mol. The number of aromatic nitrogens is 4. The van der Waals surface area contributed by atoms with E-state index < -0.39 is 0 Å². The molecule has 0 saturated heterocycles. The number of nitrogens with zero attached hydrogens (tertiary/aromatic N) is 3. The van der Waals surface area contributed by atoms with Gasteiger partial charge in [0.05, 0.1) is 22.1 Å². The molecule has 0 atom stereocenters. The second-order valence-corrected chi connectivity index (χ2v) is 7.49. The number of fused-ring (bicyclic) bond motifs is 2. The van der Waals surface area contributed by atoms with Gasteiger partial charge in [-0.3, -0.25) is 9.89 Å². The zero-order valence-electron chi connectivity index (χ0n) is 14.5. The van der Waals surface area contributed by atoms with Crippen LogP contribution in [0.2, 0.25) is 0 Å². The number of thioether (sulfide) groups is 1. The predicted octanol–water partition coefficient (Wildman–Crippen LogP) is 4.09. The summed E-state index contributed by atoms with van der Waals surface area (Å²) in [6.07, 6.45) is 7.28. The van der Waals surface area contributed by atoms with Crippen molar-refractivity contribution in [3.63, 3.8) is 0 Å². The highest BCUT2D eigenvalue weighted by molar-refractivity contribution is 7.98. The average molecular weight is 381 g/mol.